The Morgan fingerprint density at radius 1 is 1.25 bits per heavy atom. The standard InChI is InChI=1S/C3H7NO2.CH4N2O.CH2O/c1-2-6-3(4)5;2-1(3)4;1-2/h2H2,1H3,(H2,4,5);(H4,2,3,4);1H2. The summed E-state index contributed by atoms with van der Waals surface area (Å²) in [6.45, 7) is 4.06. The van der Waals surface area contributed by atoms with Crippen LogP contribution in [0.15, 0.2) is 0 Å². The van der Waals surface area contributed by atoms with Crippen molar-refractivity contribution in [2.45, 2.75) is 6.92 Å². The van der Waals surface area contributed by atoms with E-state index in [1.165, 1.54) is 0 Å². The molecule has 0 fully saturated rings. The first-order valence-electron chi connectivity index (χ1n) is 2.76. The van der Waals surface area contributed by atoms with Crippen molar-refractivity contribution in [3.05, 3.63) is 0 Å². The third kappa shape index (κ3) is 292. The molecule has 0 aromatic rings. The molecular formula is C5H13N3O4. The van der Waals surface area contributed by atoms with Crippen molar-refractivity contribution in [3.63, 3.8) is 0 Å². The fourth-order valence-corrected chi connectivity index (χ4v) is 0.142. The van der Waals surface area contributed by atoms with Gasteiger partial charge >= 0.3 is 12.1 Å². The Labute approximate surface area is 69.8 Å². The van der Waals surface area contributed by atoms with Crippen LogP contribution in [0.3, 0.4) is 0 Å². The van der Waals surface area contributed by atoms with Crippen LogP contribution in [0.5, 0.6) is 0 Å². The van der Waals surface area contributed by atoms with Gasteiger partial charge in [-0.1, -0.05) is 0 Å². The lowest BCUT2D eigenvalue weighted by Crippen LogP contribution is -2.18. The highest BCUT2D eigenvalue weighted by Gasteiger charge is 1.82. The summed E-state index contributed by atoms with van der Waals surface area (Å²) in [6, 6.07) is -0.833. The lowest BCUT2D eigenvalue weighted by atomic mass is 10.9. The Morgan fingerprint density at radius 3 is 1.50 bits per heavy atom. The van der Waals surface area contributed by atoms with Crippen LogP contribution in [0.2, 0.25) is 0 Å². The van der Waals surface area contributed by atoms with Crippen LogP contribution in [0.4, 0.5) is 9.59 Å². The summed E-state index contributed by atoms with van der Waals surface area (Å²) < 4.78 is 4.18. The monoisotopic (exact) mass is 179 g/mol. The first-order chi connectivity index (χ1) is 5.50. The minimum absolute atomic E-state index is 0.356. The highest BCUT2D eigenvalue weighted by atomic mass is 16.5. The molecule has 0 aliphatic rings. The summed E-state index contributed by atoms with van der Waals surface area (Å²) in [5.74, 6) is 0. The normalized spacial score (nSPS) is 6.08. The highest BCUT2D eigenvalue weighted by Crippen LogP contribution is 1.66. The van der Waals surface area contributed by atoms with E-state index in [0.717, 1.165) is 0 Å². The SMILES string of the molecule is C=O.CCOC(N)=O.NC(N)=O. The molecule has 0 radical (unpaired) electrons. The number of hydrogen-bond acceptors (Lipinski definition) is 4. The van der Waals surface area contributed by atoms with E-state index in [1.807, 2.05) is 6.79 Å². The molecule has 0 atom stereocenters. The maximum absolute atomic E-state index is 9.60. The van der Waals surface area contributed by atoms with Crippen LogP contribution in [0, 0.1) is 0 Å². The number of primary amides is 3. The van der Waals surface area contributed by atoms with Gasteiger partial charge in [0.05, 0.1) is 6.61 Å². The van der Waals surface area contributed by atoms with Crippen molar-refractivity contribution in [2.24, 2.45) is 17.2 Å². The zero-order chi connectivity index (χ0) is 10.6. The Morgan fingerprint density at radius 2 is 1.50 bits per heavy atom. The van der Waals surface area contributed by atoms with Crippen molar-refractivity contribution in [3.8, 4) is 0 Å². The summed E-state index contributed by atoms with van der Waals surface area (Å²) in [5.41, 5.74) is 13.0. The van der Waals surface area contributed by atoms with Crippen LogP contribution >= 0.6 is 0 Å². The van der Waals surface area contributed by atoms with Gasteiger partial charge in [-0.3, -0.25) is 0 Å². The van der Waals surface area contributed by atoms with Gasteiger partial charge in [-0.2, -0.15) is 0 Å². The molecule has 0 saturated heterocycles. The van der Waals surface area contributed by atoms with Gasteiger partial charge in [0.2, 0.25) is 0 Å². The van der Waals surface area contributed by atoms with Crippen LogP contribution in [-0.4, -0.2) is 25.5 Å². The summed E-state index contributed by atoms with van der Waals surface area (Å²) in [5, 5.41) is 0. The zero-order valence-corrected chi connectivity index (χ0v) is 6.78. The van der Waals surface area contributed by atoms with E-state index in [-0.39, 0.29) is 0 Å². The average molecular weight is 179 g/mol. The van der Waals surface area contributed by atoms with Gasteiger partial charge in [0.15, 0.2) is 0 Å². The molecule has 0 aromatic heterocycles. The predicted octanol–water partition coefficient (Wildman–Crippen LogP) is -1.06. The van der Waals surface area contributed by atoms with Crippen LogP contribution in [-0.2, 0) is 9.53 Å². The summed E-state index contributed by atoms with van der Waals surface area (Å²) in [6.07, 6.45) is -0.711. The second-order valence-electron chi connectivity index (χ2n) is 1.15. The third-order valence-electron chi connectivity index (χ3n) is 0.287. The number of rotatable bonds is 1. The fraction of sp³-hybridized carbons (Fsp3) is 0.400. The van der Waals surface area contributed by atoms with Gasteiger partial charge in [-0.25, -0.2) is 9.59 Å². The number of carbonyl (C=O) groups excluding carboxylic acids is 3. The molecule has 0 aliphatic heterocycles. The Bertz CT molecular complexity index is 124. The Kier molecular flexibility index (Phi) is 22.3. The molecule has 0 aliphatic carbocycles. The van der Waals surface area contributed by atoms with Gasteiger partial charge in [-0.15, -0.1) is 0 Å². The fourth-order valence-electron chi connectivity index (χ4n) is 0.142. The summed E-state index contributed by atoms with van der Waals surface area (Å²) >= 11 is 0. The second-order valence-corrected chi connectivity index (χ2v) is 1.15. The van der Waals surface area contributed by atoms with E-state index in [1.54, 1.807) is 6.92 Å². The Hall–Kier alpha value is -1.79. The molecule has 12 heavy (non-hydrogen) atoms. The molecular weight excluding hydrogens is 166 g/mol. The molecule has 7 heteroatoms. The molecule has 6 N–H and O–H groups in total. The van der Waals surface area contributed by atoms with Gasteiger partial charge < -0.3 is 26.7 Å². The van der Waals surface area contributed by atoms with Crippen molar-refractivity contribution < 1.29 is 19.1 Å². The second kappa shape index (κ2) is 16.1. The molecule has 0 saturated carbocycles. The molecule has 0 bridgehead atoms. The number of hydrogen-bond donors (Lipinski definition) is 3. The van der Waals surface area contributed by atoms with Crippen molar-refractivity contribution in [2.75, 3.05) is 6.61 Å². The minimum Gasteiger partial charge on any atom is -0.450 e. The number of amides is 3. The first kappa shape index (κ1) is 16.7. The first-order valence-corrected chi connectivity index (χ1v) is 2.76. The van der Waals surface area contributed by atoms with Gasteiger partial charge in [-0.05, 0) is 6.92 Å². The molecule has 72 valence electrons. The van der Waals surface area contributed by atoms with Crippen LogP contribution in [0.25, 0.3) is 0 Å². The molecule has 0 unspecified atom stereocenters. The van der Waals surface area contributed by atoms with Crippen molar-refractivity contribution >= 4 is 18.9 Å². The molecule has 0 aromatic carbocycles. The number of carbonyl (C=O) groups is 3. The number of urea groups is 1. The maximum Gasteiger partial charge on any atom is 0.404 e. The molecule has 0 rings (SSSR count). The van der Waals surface area contributed by atoms with Crippen LogP contribution < -0.4 is 17.2 Å². The van der Waals surface area contributed by atoms with E-state index in [9.17, 15) is 4.79 Å². The van der Waals surface area contributed by atoms with Gasteiger partial charge in [0, 0.05) is 0 Å². The van der Waals surface area contributed by atoms with Crippen molar-refractivity contribution in [1.82, 2.24) is 0 Å². The largest absolute Gasteiger partial charge is 0.450 e. The number of nitrogens with two attached hydrogens (primary N) is 3. The minimum atomic E-state index is -0.833. The highest BCUT2D eigenvalue weighted by molar-refractivity contribution is 5.69. The topological polar surface area (TPSA) is 138 Å². The van der Waals surface area contributed by atoms with E-state index in [0.29, 0.717) is 6.61 Å². The molecule has 0 heterocycles. The van der Waals surface area contributed by atoms with Gasteiger partial charge in [0.1, 0.15) is 6.79 Å². The predicted molar refractivity (Wildman–Crippen MR) is 42.1 cm³/mol. The smallest absolute Gasteiger partial charge is 0.404 e. The van der Waals surface area contributed by atoms with E-state index in [4.69, 9.17) is 9.59 Å². The lowest BCUT2D eigenvalue weighted by Gasteiger charge is -1.89. The van der Waals surface area contributed by atoms with Crippen molar-refractivity contribution in [1.29, 1.82) is 0 Å². The van der Waals surface area contributed by atoms with E-state index in [2.05, 4.69) is 21.9 Å². The third-order valence-corrected chi connectivity index (χ3v) is 0.287. The number of ether oxygens (including phenoxy) is 1. The van der Waals surface area contributed by atoms with Crippen LogP contribution in [0.1, 0.15) is 6.92 Å². The molecule has 3 amide bonds. The Balaban J connectivity index is -0.000000118. The molecule has 7 nitrogen and oxygen atoms in total. The summed E-state index contributed by atoms with van der Waals surface area (Å²) in [4.78, 5) is 26.6. The van der Waals surface area contributed by atoms with Gasteiger partial charge in [0.25, 0.3) is 0 Å². The average Bonchev–Trinajstić information content (AvgIpc) is 1.90. The quantitative estimate of drug-likeness (QED) is 0.472. The van der Waals surface area contributed by atoms with E-state index >= 15 is 0 Å². The lowest BCUT2D eigenvalue weighted by molar-refractivity contribution is -0.0980. The zero-order valence-electron chi connectivity index (χ0n) is 6.78. The van der Waals surface area contributed by atoms with E-state index < -0.39 is 12.1 Å². The maximum atomic E-state index is 9.60. The summed E-state index contributed by atoms with van der Waals surface area (Å²) in [7, 11) is 0. The molecule has 0 spiro atoms.